The second kappa shape index (κ2) is 7.84. The molecule has 0 unspecified atom stereocenters. The standard InChI is InChI=1S/C17H32N4O/c1-4-17(10-7-11-17)13-19-16(18-12-15(22)21(2)3)20-14-8-5-6-9-14/h14H,4-13H2,1-3H3,(H2,18,19,20). The van der Waals surface area contributed by atoms with Gasteiger partial charge in [-0.05, 0) is 37.5 Å². The highest BCUT2D eigenvalue weighted by Gasteiger charge is 2.35. The lowest BCUT2D eigenvalue weighted by Crippen LogP contribution is -2.48. The summed E-state index contributed by atoms with van der Waals surface area (Å²) in [6.45, 7) is 3.46. The van der Waals surface area contributed by atoms with Gasteiger partial charge in [-0.3, -0.25) is 4.79 Å². The molecule has 0 aromatic heterocycles. The molecule has 0 aliphatic heterocycles. The van der Waals surface area contributed by atoms with Crippen LogP contribution in [-0.2, 0) is 4.79 Å². The van der Waals surface area contributed by atoms with Gasteiger partial charge in [-0.2, -0.15) is 0 Å². The highest BCUT2D eigenvalue weighted by molar-refractivity contribution is 5.85. The number of nitrogens with one attached hydrogen (secondary N) is 2. The molecule has 0 bridgehead atoms. The van der Waals surface area contributed by atoms with E-state index in [1.807, 2.05) is 0 Å². The summed E-state index contributed by atoms with van der Waals surface area (Å²) in [6, 6.07) is 0.514. The minimum Gasteiger partial charge on any atom is -0.356 e. The fourth-order valence-corrected chi connectivity index (χ4v) is 3.31. The number of carbonyl (C=O) groups is 1. The van der Waals surface area contributed by atoms with E-state index >= 15 is 0 Å². The fourth-order valence-electron chi connectivity index (χ4n) is 3.31. The molecule has 0 radical (unpaired) electrons. The van der Waals surface area contributed by atoms with Gasteiger partial charge in [-0.15, -0.1) is 0 Å². The first-order chi connectivity index (χ1) is 10.5. The average Bonchev–Trinajstić information content (AvgIpc) is 2.96. The molecule has 2 rings (SSSR count). The Bertz CT molecular complexity index is 390. The van der Waals surface area contributed by atoms with Crippen molar-refractivity contribution in [3.05, 3.63) is 0 Å². The number of likely N-dealkylation sites (N-methyl/N-ethyl adjacent to an activating group) is 1. The third-order valence-electron chi connectivity index (χ3n) is 5.36. The number of aliphatic imine (C=N–C) groups is 1. The number of amides is 1. The van der Waals surface area contributed by atoms with Crippen LogP contribution >= 0.6 is 0 Å². The lowest BCUT2D eigenvalue weighted by Gasteiger charge is -2.41. The molecule has 126 valence electrons. The van der Waals surface area contributed by atoms with Gasteiger partial charge in [-0.25, -0.2) is 4.99 Å². The molecule has 0 heterocycles. The Morgan fingerprint density at radius 2 is 1.91 bits per heavy atom. The molecule has 2 fully saturated rings. The van der Waals surface area contributed by atoms with E-state index in [9.17, 15) is 4.79 Å². The third-order valence-corrected chi connectivity index (χ3v) is 5.36. The van der Waals surface area contributed by atoms with Crippen LogP contribution < -0.4 is 10.6 Å². The lowest BCUT2D eigenvalue weighted by atomic mass is 9.67. The molecule has 5 heteroatoms. The highest BCUT2D eigenvalue weighted by atomic mass is 16.2. The Hall–Kier alpha value is -1.26. The summed E-state index contributed by atoms with van der Waals surface area (Å²) in [5, 5.41) is 7.03. The van der Waals surface area contributed by atoms with Gasteiger partial charge in [0.15, 0.2) is 5.96 Å². The van der Waals surface area contributed by atoms with Crippen LogP contribution in [0.15, 0.2) is 4.99 Å². The van der Waals surface area contributed by atoms with Gasteiger partial charge in [0.05, 0.1) is 0 Å². The second-order valence-corrected chi connectivity index (χ2v) is 7.14. The van der Waals surface area contributed by atoms with Crippen LogP contribution in [0.2, 0.25) is 0 Å². The summed E-state index contributed by atoms with van der Waals surface area (Å²) < 4.78 is 0. The van der Waals surface area contributed by atoms with Gasteiger partial charge in [0.1, 0.15) is 6.54 Å². The maximum Gasteiger partial charge on any atom is 0.243 e. The lowest BCUT2D eigenvalue weighted by molar-refractivity contribution is -0.127. The van der Waals surface area contributed by atoms with Crippen LogP contribution in [-0.4, -0.2) is 50.0 Å². The van der Waals surface area contributed by atoms with Crippen LogP contribution in [0.3, 0.4) is 0 Å². The quantitative estimate of drug-likeness (QED) is 0.584. The molecule has 0 spiro atoms. The van der Waals surface area contributed by atoms with Crippen molar-refractivity contribution in [1.82, 2.24) is 15.5 Å². The van der Waals surface area contributed by atoms with E-state index in [0.29, 0.717) is 11.5 Å². The summed E-state index contributed by atoms with van der Waals surface area (Å²) in [6.07, 6.45) is 10.2. The molecule has 0 aromatic rings. The van der Waals surface area contributed by atoms with Crippen molar-refractivity contribution in [3.8, 4) is 0 Å². The zero-order valence-electron chi connectivity index (χ0n) is 14.5. The maximum atomic E-state index is 11.8. The number of hydrogen-bond donors (Lipinski definition) is 2. The van der Waals surface area contributed by atoms with Crippen molar-refractivity contribution in [1.29, 1.82) is 0 Å². The van der Waals surface area contributed by atoms with Crippen LogP contribution in [0.1, 0.15) is 58.3 Å². The molecule has 2 saturated carbocycles. The predicted molar refractivity (Wildman–Crippen MR) is 91.0 cm³/mol. The van der Waals surface area contributed by atoms with Crippen molar-refractivity contribution < 1.29 is 4.79 Å². The molecule has 0 atom stereocenters. The Balaban J connectivity index is 1.90. The minimum atomic E-state index is 0.0429. The molecular weight excluding hydrogens is 276 g/mol. The van der Waals surface area contributed by atoms with E-state index in [0.717, 1.165) is 12.5 Å². The van der Waals surface area contributed by atoms with Crippen LogP contribution in [0.25, 0.3) is 0 Å². The summed E-state index contributed by atoms with van der Waals surface area (Å²) in [5.74, 6) is 0.864. The number of carbonyl (C=O) groups excluding carboxylic acids is 1. The van der Waals surface area contributed by atoms with E-state index in [2.05, 4.69) is 22.5 Å². The van der Waals surface area contributed by atoms with Crippen molar-refractivity contribution in [3.63, 3.8) is 0 Å². The zero-order valence-corrected chi connectivity index (χ0v) is 14.5. The zero-order chi connectivity index (χ0) is 16.0. The van der Waals surface area contributed by atoms with Crippen molar-refractivity contribution in [2.45, 2.75) is 64.3 Å². The van der Waals surface area contributed by atoms with Crippen molar-refractivity contribution >= 4 is 11.9 Å². The van der Waals surface area contributed by atoms with Crippen LogP contribution in [0, 0.1) is 5.41 Å². The van der Waals surface area contributed by atoms with Gasteiger partial charge in [0.25, 0.3) is 0 Å². The van der Waals surface area contributed by atoms with Crippen molar-refractivity contribution in [2.75, 3.05) is 27.2 Å². The third kappa shape index (κ3) is 4.62. The normalized spacial score (nSPS) is 21.3. The number of nitrogens with zero attached hydrogens (tertiary/aromatic N) is 2. The summed E-state index contributed by atoms with van der Waals surface area (Å²) in [5.41, 5.74) is 0.448. The monoisotopic (exact) mass is 308 g/mol. The average molecular weight is 308 g/mol. The summed E-state index contributed by atoms with van der Waals surface area (Å²) in [4.78, 5) is 17.9. The van der Waals surface area contributed by atoms with E-state index in [1.165, 1.54) is 51.4 Å². The number of rotatable bonds is 6. The Labute approximate surface area is 134 Å². The number of guanidine groups is 1. The fraction of sp³-hybridized carbons (Fsp3) is 0.882. The van der Waals surface area contributed by atoms with Gasteiger partial charge in [0, 0.05) is 26.7 Å². The Kier molecular flexibility index (Phi) is 6.09. The van der Waals surface area contributed by atoms with Crippen LogP contribution in [0.5, 0.6) is 0 Å². The van der Waals surface area contributed by atoms with Gasteiger partial charge in [-0.1, -0.05) is 26.2 Å². The smallest absolute Gasteiger partial charge is 0.243 e. The van der Waals surface area contributed by atoms with E-state index in [4.69, 9.17) is 0 Å². The first-order valence-corrected chi connectivity index (χ1v) is 8.80. The largest absolute Gasteiger partial charge is 0.356 e. The first kappa shape index (κ1) is 17.1. The van der Waals surface area contributed by atoms with Gasteiger partial charge < -0.3 is 15.5 Å². The van der Waals surface area contributed by atoms with Gasteiger partial charge >= 0.3 is 0 Å². The van der Waals surface area contributed by atoms with E-state index in [-0.39, 0.29) is 12.5 Å². The second-order valence-electron chi connectivity index (χ2n) is 7.14. The maximum absolute atomic E-state index is 11.8. The molecule has 2 aliphatic rings. The molecular formula is C17H32N4O. The van der Waals surface area contributed by atoms with Crippen molar-refractivity contribution in [2.24, 2.45) is 10.4 Å². The predicted octanol–water partition coefficient (Wildman–Crippen LogP) is 2.13. The SMILES string of the molecule is CCC1(CNC(=NCC(=O)N(C)C)NC2CCCC2)CCC1. The molecule has 0 saturated heterocycles. The molecule has 1 amide bonds. The number of hydrogen-bond acceptors (Lipinski definition) is 2. The van der Waals surface area contributed by atoms with Gasteiger partial charge in [0.2, 0.25) is 5.91 Å². The first-order valence-electron chi connectivity index (χ1n) is 8.80. The topological polar surface area (TPSA) is 56.7 Å². The Morgan fingerprint density at radius 3 is 2.41 bits per heavy atom. The molecule has 2 N–H and O–H groups in total. The highest BCUT2D eigenvalue weighted by Crippen LogP contribution is 2.43. The minimum absolute atomic E-state index is 0.0429. The van der Waals surface area contributed by atoms with Crippen LogP contribution in [0.4, 0.5) is 0 Å². The van der Waals surface area contributed by atoms with E-state index in [1.54, 1.807) is 19.0 Å². The van der Waals surface area contributed by atoms with E-state index < -0.39 is 0 Å². The summed E-state index contributed by atoms with van der Waals surface area (Å²) in [7, 11) is 3.55. The molecule has 5 nitrogen and oxygen atoms in total. The Morgan fingerprint density at radius 1 is 1.23 bits per heavy atom. The molecule has 2 aliphatic carbocycles. The molecule has 0 aromatic carbocycles. The molecule has 22 heavy (non-hydrogen) atoms. The summed E-state index contributed by atoms with van der Waals surface area (Å²) >= 11 is 0.